The molecule has 0 saturated carbocycles. The van der Waals surface area contributed by atoms with Gasteiger partial charge in [0.2, 0.25) is 0 Å². The van der Waals surface area contributed by atoms with E-state index < -0.39 is 21.8 Å². The van der Waals surface area contributed by atoms with E-state index in [4.69, 9.17) is 16.7 Å². The summed E-state index contributed by atoms with van der Waals surface area (Å²) in [5.41, 5.74) is 0. The van der Waals surface area contributed by atoms with Crippen molar-refractivity contribution in [1.29, 1.82) is 0 Å². The summed E-state index contributed by atoms with van der Waals surface area (Å²) in [6, 6.07) is -0.408. The smallest absolute Gasteiger partial charge is 0.323 e. The van der Waals surface area contributed by atoms with Crippen molar-refractivity contribution >= 4 is 33.2 Å². The first kappa shape index (κ1) is 14.0. The van der Waals surface area contributed by atoms with Crippen LogP contribution >= 0.6 is 11.6 Å². The fraction of sp³-hybridized carbons (Fsp3) is 0.500. The molecule has 1 saturated heterocycles. The Morgan fingerprint density at radius 3 is 2.79 bits per heavy atom. The minimum absolute atomic E-state index is 0.0573. The van der Waals surface area contributed by atoms with Crippen molar-refractivity contribution in [3.63, 3.8) is 0 Å². The summed E-state index contributed by atoms with van der Waals surface area (Å²) >= 11 is 5.72. The van der Waals surface area contributed by atoms with Gasteiger partial charge in [0.25, 0.3) is 0 Å². The third kappa shape index (κ3) is 3.54. The lowest BCUT2D eigenvalue weighted by Gasteiger charge is -2.27. The van der Waals surface area contributed by atoms with Gasteiger partial charge in [-0.25, -0.2) is 13.4 Å². The molecule has 104 valence electrons. The molecule has 19 heavy (non-hydrogen) atoms. The minimum atomic E-state index is -3.11. The van der Waals surface area contributed by atoms with Gasteiger partial charge < -0.3 is 10.0 Å². The largest absolute Gasteiger partial charge is 0.480 e. The fourth-order valence-electron chi connectivity index (χ4n) is 2.04. The number of hydrogen-bond acceptors (Lipinski definition) is 6. The number of halogens is 1. The lowest BCUT2D eigenvalue weighted by Crippen LogP contribution is -2.40. The van der Waals surface area contributed by atoms with Crippen molar-refractivity contribution < 1.29 is 18.3 Å². The molecule has 1 aliphatic rings. The van der Waals surface area contributed by atoms with Gasteiger partial charge in [0, 0.05) is 6.04 Å². The average molecular weight is 306 g/mol. The maximum Gasteiger partial charge on any atom is 0.323 e. The molecule has 2 rings (SSSR count). The molecule has 1 aromatic rings. The number of aromatic nitrogens is 2. The lowest BCUT2D eigenvalue weighted by molar-refractivity contribution is -0.135. The third-order valence-electron chi connectivity index (χ3n) is 2.84. The highest BCUT2D eigenvalue weighted by atomic mass is 35.5. The summed E-state index contributed by atoms with van der Waals surface area (Å²) in [6.45, 7) is -0.338. The number of sulfone groups is 1. The summed E-state index contributed by atoms with van der Waals surface area (Å²) in [6.07, 6.45) is 3.08. The molecule has 0 bridgehead atoms. The predicted octanol–water partition coefficient (Wildman–Crippen LogP) is 0.208. The van der Waals surface area contributed by atoms with Crippen molar-refractivity contribution in [3.05, 3.63) is 17.5 Å². The normalized spacial score (nSPS) is 21.2. The standard InChI is InChI=1S/C10H12ClN3O4S/c11-8-3-12-4-9(13-8)14(5-10(15)16)7-1-2-19(17,18)6-7/h3-4,7H,1-2,5-6H2,(H,15,16). The van der Waals surface area contributed by atoms with Crippen LogP contribution in [0.2, 0.25) is 5.15 Å². The topological polar surface area (TPSA) is 100 Å². The Kier molecular flexibility index (Phi) is 3.91. The molecule has 1 atom stereocenters. The van der Waals surface area contributed by atoms with Crippen LogP contribution < -0.4 is 4.90 Å². The van der Waals surface area contributed by atoms with Gasteiger partial charge in [-0.15, -0.1) is 0 Å². The molecule has 2 heterocycles. The van der Waals surface area contributed by atoms with Crippen molar-refractivity contribution in [2.45, 2.75) is 12.5 Å². The molecule has 7 nitrogen and oxygen atoms in total. The van der Waals surface area contributed by atoms with Crippen LogP contribution in [0.5, 0.6) is 0 Å². The summed E-state index contributed by atoms with van der Waals surface area (Å²) < 4.78 is 23.0. The van der Waals surface area contributed by atoms with Crippen LogP contribution in [-0.2, 0) is 14.6 Å². The van der Waals surface area contributed by atoms with Crippen LogP contribution in [0.1, 0.15) is 6.42 Å². The maximum atomic E-state index is 11.5. The molecule has 1 unspecified atom stereocenters. The molecular weight excluding hydrogens is 294 g/mol. The van der Waals surface area contributed by atoms with Crippen molar-refractivity contribution in [3.8, 4) is 0 Å². The van der Waals surface area contributed by atoms with Gasteiger partial charge in [-0.3, -0.25) is 9.78 Å². The molecule has 1 fully saturated rings. The number of carbonyl (C=O) groups is 1. The highest BCUT2D eigenvalue weighted by Gasteiger charge is 2.34. The molecule has 1 aliphatic heterocycles. The Morgan fingerprint density at radius 2 is 2.26 bits per heavy atom. The quantitative estimate of drug-likeness (QED) is 0.848. The van der Waals surface area contributed by atoms with Crippen LogP contribution in [0.3, 0.4) is 0 Å². The van der Waals surface area contributed by atoms with Gasteiger partial charge in [0.1, 0.15) is 17.5 Å². The van der Waals surface area contributed by atoms with Crippen LogP contribution in [-0.4, -0.2) is 53.6 Å². The highest BCUT2D eigenvalue weighted by Crippen LogP contribution is 2.23. The molecule has 0 aliphatic carbocycles. The van der Waals surface area contributed by atoms with E-state index in [0.717, 1.165) is 0 Å². The third-order valence-corrected chi connectivity index (χ3v) is 4.77. The SMILES string of the molecule is O=C(O)CN(c1cncc(Cl)n1)C1CCS(=O)(=O)C1. The van der Waals surface area contributed by atoms with Crippen LogP contribution in [0.4, 0.5) is 5.82 Å². The zero-order chi connectivity index (χ0) is 14.0. The van der Waals surface area contributed by atoms with E-state index >= 15 is 0 Å². The van der Waals surface area contributed by atoms with E-state index in [0.29, 0.717) is 6.42 Å². The second-order valence-corrected chi connectivity index (χ2v) is 6.89. The summed E-state index contributed by atoms with van der Waals surface area (Å²) in [4.78, 5) is 20.2. The van der Waals surface area contributed by atoms with E-state index in [1.165, 1.54) is 17.3 Å². The molecule has 0 spiro atoms. The predicted molar refractivity (Wildman–Crippen MR) is 69.1 cm³/mol. The Balaban J connectivity index is 2.29. The Labute approximate surface area is 115 Å². The van der Waals surface area contributed by atoms with Crippen molar-refractivity contribution in [1.82, 2.24) is 9.97 Å². The molecule has 9 heteroatoms. The van der Waals surface area contributed by atoms with Crippen molar-refractivity contribution in [2.75, 3.05) is 23.0 Å². The van der Waals surface area contributed by atoms with E-state index in [-0.39, 0.29) is 29.0 Å². The lowest BCUT2D eigenvalue weighted by atomic mass is 10.2. The number of anilines is 1. The van der Waals surface area contributed by atoms with Gasteiger partial charge >= 0.3 is 5.97 Å². The first-order valence-electron chi connectivity index (χ1n) is 5.54. The number of rotatable bonds is 4. The second-order valence-electron chi connectivity index (χ2n) is 4.28. The average Bonchev–Trinajstić information content (AvgIpc) is 2.66. The molecule has 1 aromatic heterocycles. The highest BCUT2D eigenvalue weighted by molar-refractivity contribution is 7.91. The number of carboxylic acid groups (broad SMARTS) is 1. The van der Waals surface area contributed by atoms with E-state index in [1.807, 2.05) is 0 Å². The van der Waals surface area contributed by atoms with Gasteiger partial charge in [-0.1, -0.05) is 11.6 Å². The van der Waals surface area contributed by atoms with E-state index in [9.17, 15) is 13.2 Å². The zero-order valence-electron chi connectivity index (χ0n) is 9.86. The molecule has 0 radical (unpaired) electrons. The van der Waals surface area contributed by atoms with Crippen LogP contribution in [0, 0.1) is 0 Å². The maximum absolute atomic E-state index is 11.5. The minimum Gasteiger partial charge on any atom is -0.480 e. The van der Waals surface area contributed by atoms with Crippen LogP contribution in [0.25, 0.3) is 0 Å². The Hall–Kier alpha value is -1.41. The molecule has 0 amide bonds. The van der Waals surface area contributed by atoms with Gasteiger partial charge in [0.05, 0.1) is 23.9 Å². The number of aliphatic carboxylic acids is 1. The molecular formula is C10H12ClN3O4S. The summed E-state index contributed by atoms with van der Waals surface area (Å²) in [5, 5.41) is 9.07. The van der Waals surface area contributed by atoms with E-state index in [1.54, 1.807) is 0 Å². The van der Waals surface area contributed by atoms with Crippen molar-refractivity contribution in [2.24, 2.45) is 0 Å². The van der Waals surface area contributed by atoms with E-state index in [2.05, 4.69) is 9.97 Å². The zero-order valence-corrected chi connectivity index (χ0v) is 11.4. The Bertz CT molecular complexity index is 592. The monoisotopic (exact) mass is 305 g/mol. The van der Waals surface area contributed by atoms with Crippen LogP contribution in [0.15, 0.2) is 12.4 Å². The first-order valence-corrected chi connectivity index (χ1v) is 7.74. The number of nitrogens with zero attached hydrogens (tertiary/aromatic N) is 3. The fourth-order valence-corrected chi connectivity index (χ4v) is 3.91. The van der Waals surface area contributed by atoms with Gasteiger partial charge in [-0.2, -0.15) is 0 Å². The van der Waals surface area contributed by atoms with Gasteiger partial charge in [-0.05, 0) is 6.42 Å². The first-order chi connectivity index (χ1) is 8.87. The summed E-state index contributed by atoms with van der Waals surface area (Å²) in [7, 11) is -3.11. The number of carboxylic acids is 1. The molecule has 1 N–H and O–H groups in total. The summed E-state index contributed by atoms with van der Waals surface area (Å²) in [5.74, 6) is -0.806. The number of hydrogen-bond donors (Lipinski definition) is 1. The molecule has 0 aromatic carbocycles. The van der Waals surface area contributed by atoms with Gasteiger partial charge in [0.15, 0.2) is 9.84 Å². The second kappa shape index (κ2) is 5.30. The Morgan fingerprint density at radius 1 is 1.53 bits per heavy atom.